The second-order valence-corrected chi connectivity index (χ2v) is 10.6. The number of alkyl carbamates (subject to hydrolysis) is 1. The number of rotatable bonds is 9. The van der Waals surface area contributed by atoms with Crippen molar-refractivity contribution in [1.29, 1.82) is 0 Å². The van der Waals surface area contributed by atoms with Crippen LogP contribution in [0.5, 0.6) is 0 Å². The van der Waals surface area contributed by atoms with Gasteiger partial charge in [-0.3, -0.25) is 9.59 Å². The highest BCUT2D eigenvalue weighted by molar-refractivity contribution is 5.85. The number of amides is 2. The van der Waals surface area contributed by atoms with Gasteiger partial charge < -0.3 is 20.1 Å². The van der Waals surface area contributed by atoms with Crippen LogP contribution in [0.2, 0.25) is 0 Å². The molecule has 2 amide bonds. The summed E-state index contributed by atoms with van der Waals surface area (Å²) >= 11 is 0. The first-order valence-corrected chi connectivity index (χ1v) is 12.2. The number of aliphatic carboxylic acids is 1. The van der Waals surface area contributed by atoms with Gasteiger partial charge in [-0.05, 0) is 62.8 Å². The monoisotopic (exact) mass is 478 g/mol. The van der Waals surface area contributed by atoms with Crippen LogP contribution in [-0.4, -0.2) is 52.7 Å². The summed E-state index contributed by atoms with van der Waals surface area (Å²) in [6.07, 6.45) is 1.07. The molecule has 186 valence electrons. The molecular weight excluding hydrogens is 444 g/mol. The molecule has 7 nitrogen and oxygen atoms in total. The Morgan fingerprint density at radius 2 is 1.51 bits per heavy atom. The number of fused-ring (bicyclic) bond motifs is 3. The molecule has 0 aliphatic heterocycles. The van der Waals surface area contributed by atoms with Crippen LogP contribution in [0.15, 0.2) is 48.5 Å². The Hall–Kier alpha value is -3.35. The average Bonchev–Trinajstić information content (AvgIpc) is 3.59. The molecule has 2 N–H and O–H groups in total. The smallest absolute Gasteiger partial charge is 0.407 e. The summed E-state index contributed by atoms with van der Waals surface area (Å²) in [5, 5.41) is 12.0. The first-order valence-electron chi connectivity index (χ1n) is 12.2. The quantitative estimate of drug-likeness (QED) is 0.540. The Morgan fingerprint density at radius 3 is 2.03 bits per heavy atom. The Bertz CT molecular complexity index is 1090. The minimum Gasteiger partial charge on any atom is -0.481 e. The van der Waals surface area contributed by atoms with E-state index < -0.39 is 23.0 Å². The third-order valence-electron chi connectivity index (χ3n) is 7.67. The normalized spacial score (nSPS) is 15.2. The summed E-state index contributed by atoms with van der Waals surface area (Å²) < 4.78 is 5.70. The van der Waals surface area contributed by atoms with Crippen LogP contribution in [-0.2, 0) is 14.3 Å². The third kappa shape index (κ3) is 4.90. The molecule has 0 unspecified atom stereocenters. The number of carbonyl (C=O) groups excluding carboxylic acids is 2. The van der Waals surface area contributed by atoms with E-state index in [9.17, 15) is 14.4 Å². The lowest BCUT2D eigenvalue weighted by Crippen LogP contribution is -2.60. The maximum Gasteiger partial charge on any atom is 0.407 e. The van der Waals surface area contributed by atoms with Crippen molar-refractivity contribution in [3.05, 3.63) is 59.7 Å². The van der Waals surface area contributed by atoms with E-state index in [1.54, 1.807) is 32.6 Å². The number of benzene rings is 2. The molecule has 2 aliphatic rings. The predicted octanol–water partition coefficient (Wildman–Crippen LogP) is 4.80. The van der Waals surface area contributed by atoms with Crippen LogP contribution in [0.4, 0.5) is 4.79 Å². The number of carbonyl (C=O) groups is 3. The van der Waals surface area contributed by atoms with Crippen molar-refractivity contribution in [2.75, 3.05) is 13.2 Å². The zero-order valence-corrected chi connectivity index (χ0v) is 20.8. The van der Waals surface area contributed by atoms with E-state index in [4.69, 9.17) is 9.84 Å². The zero-order chi connectivity index (χ0) is 25.4. The molecule has 0 aromatic heterocycles. The van der Waals surface area contributed by atoms with E-state index in [2.05, 4.69) is 29.6 Å². The molecule has 2 aromatic rings. The summed E-state index contributed by atoms with van der Waals surface area (Å²) in [5.41, 5.74) is 2.68. The van der Waals surface area contributed by atoms with E-state index in [0.717, 1.165) is 35.1 Å². The molecule has 35 heavy (non-hydrogen) atoms. The molecule has 2 aromatic carbocycles. The van der Waals surface area contributed by atoms with Gasteiger partial charge in [-0.25, -0.2) is 4.79 Å². The first kappa shape index (κ1) is 24.8. The number of carboxylic acids is 1. The summed E-state index contributed by atoms with van der Waals surface area (Å²) in [4.78, 5) is 39.1. The number of hydrogen-bond donors (Lipinski definition) is 2. The van der Waals surface area contributed by atoms with Gasteiger partial charge in [-0.15, -0.1) is 0 Å². The van der Waals surface area contributed by atoms with E-state index >= 15 is 0 Å². The molecule has 0 bridgehead atoms. The Balaban J connectivity index is 1.43. The van der Waals surface area contributed by atoms with Gasteiger partial charge in [0.25, 0.3) is 0 Å². The van der Waals surface area contributed by atoms with E-state index in [-0.39, 0.29) is 37.4 Å². The second kappa shape index (κ2) is 9.36. The van der Waals surface area contributed by atoms with Gasteiger partial charge in [0.05, 0.1) is 17.4 Å². The van der Waals surface area contributed by atoms with Crippen molar-refractivity contribution >= 4 is 18.0 Å². The lowest BCUT2D eigenvalue weighted by Gasteiger charge is -2.43. The Kier molecular flexibility index (Phi) is 6.62. The van der Waals surface area contributed by atoms with Crippen molar-refractivity contribution in [3.8, 4) is 11.1 Å². The standard InChI is InChI=1S/C28H34N2O5/c1-27(2,25(33)30(18-13-14-18)16-15-24(31)32)28(3,4)29-26(34)35-17-23-21-11-7-5-9-19(21)20-10-6-8-12-22(20)23/h5-12,18,23H,13-17H2,1-4H3,(H,29,34)(H,31,32). The predicted molar refractivity (Wildman–Crippen MR) is 133 cm³/mol. The van der Waals surface area contributed by atoms with Gasteiger partial charge in [0.2, 0.25) is 5.91 Å². The highest BCUT2D eigenvalue weighted by atomic mass is 16.5. The van der Waals surface area contributed by atoms with Gasteiger partial charge in [0.15, 0.2) is 0 Å². The number of nitrogens with zero attached hydrogens (tertiary/aromatic N) is 1. The van der Waals surface area contributed by atoms with E-state index in [0.29, 0.717) is 0 Å². The maximum absolute atomic E-state index is 13.5. The van der Waals surface area contributed by atoms with Crippen molar-refractivity contribution in [1.82, 2.24) is 10.2 Å². The topological polar surface area (TPSA) is 95.9 Å². The zero-order valence-electron chi connectivity index (χ0n) is 20.8. The molecule has 0 spiro atoms. The molecule has 1 fully saturated rings. The number of carboxylic acid groups (broad SMARTS) is 1. The van der Waals surface area contributed by atoms with E-state index in [1.807, 2.05) is 24.3 Å². The van der Waals surface area contributed by atoms with Gasteiger partial charge in [-0.2, -0.15) is 0 Å². The number of nitrogens with one attached hydrogen (secondary N) is 1. The lowest BCUT2D eigenvalue weighted by atomic mass is 9.73. The van der Waals surface area contributed by atoms with Gasteiger partial charge in [0.1, 0.15) is 6.61 Å². The molecular formula is C28H34N2O5. The summed E-state index contributed by atoms with van der Waals surface area (Å²) in [7, 11) is 0. The minimum atomic E-state index is -0.973. The Labute approximate surface area is 206 Å². The molecule has 0 saturated heterocycles. The molecule has 0 heterocycles. The van der Waals surface area contributed by atoms with Crippen LogP contribution in [0.25, 0.3) is 11.1 Å². The Morgan fingerprint density at radius 1 is 0.971 bits per heavy atom. The summed E-state index contributed by atoms with van der Waals surface area (Å²) in [5.74, 6) is -1.14. The van der Waals surface area contributed by atoms with Gasteiger partial charge >= 0.3 is 12.1 Å². The lowest BCUT2D eigenvalue weighted by molar-refractivity contribution is -0.146. The highest BCUT2D eigenvalue weighted by Crippen LogP contribution is 2.44. The fourth-order valence-electron chi connectivity index (χ4n) is 4.72. The van der Waals surface area contributed by atoms with Crippen molar-refractivity contribution in [3.63, 3.8) is 0 Å². The minimum absolute atomic E-state index is 0.0488. The summed E-state index contributed by atoms with van der Waals surface area (Å²) in [6.45, 7) is 7.54. The van der Waals surface area contributed by atoms with Gasteiger partial charge in [-0.1, -0.05) is 48.5 Å². The maximum atomic E-state index is 13.5. The molecule has 0 radical (unpaired) electrons. The number of ether oxygens (including phenoxy) is 1. The van der Waals surface area contributed by atoms with Crippen LogP contribution >= 0.6 is 0 Å². The second-order valence-electron chi connectivity index (χ2n) is 10.6. The number of hydrogen-bond acceptors (Lipinski definition) is 4. The molecule has 2 aliphatic carbocycles. The van der Waals surface area contributed by atoms with Crippen LogP contribution in [0.1, 0.15) is 64.0 Å². The van der Waals surface area contributed by atoms with Crippen LogP contribution in [0.3, 0.4) is 0 Å². The summed E-state index contributed by atoms with van der Waals surface area (Å²) in [6, 6.07) is 16.4. The van der Waals surface area contributed by atoms with Gasteiger partial charge in [0, 0.05) is 18.5 Å². The van der Waals surface area contributed by atoms with Crippen LogP contribution in [0, 0.1) is 5.41 Å². The fraction of sp³-hybridized carbons (Fsp3) is 0.464. The van der Waals surface area contributed by atoms with Crippen LogP contribution < -0.4 is 5.32 Å². The van der Waals surface area contributed by atoms with Crippen molar-refractivity contribution < 1.29 is 24.2 Å². The fourth-order valence-corrected chi connectivity index (χ4v) is 4.72. The SMILES string of the molecule is CC(C)(NC(=O)OCC1c2ccccc2-c2ccccc21)C(C)(C)C(=O)N(CCC(=O)O)C1CC1. The molecule has 1 saturated carbocycles. The van der Waals surface area contributed by atoms with Crippen molar-refractivity contribution in [2.24, 2.45) is 5.41 Å². The third-order valence-corrected chi connectivity index (χ3v) is 7.67. The van der Waals surface area contributed by atoms with E-state index in [1.165, 1.54) is 0 Å². The first-order chi connectivity index (χ1) is 16.5. The largest absolute Gasteiger partial charge is 0.481 e. The molecule has 4 rings (SSSR count). The average molecular weight is 479 g/mol. The molecule has 7 heteroatoms. The molecule has 0 atom stereocenters. The highest BCUT2D eigenvalue weighted by Gasteiger charge is 2.49. The van der Waals surface area contributed by atoms with Crippen molar-refractivity contribution in [2.45, 2.75) is 64.5 Å².